The second-order valence-corrected chi connectivity index (χ2v) is 4.33. The molecule has 1 saturated carbocycles. The van der Waals surface area contributed by atoms with Crippen LogP contribution in [-0.4, -0.2) is 30.9 Å². The van der Waals surface area contributed by atoms with E-state index in [0.717, 1.165) is 19.3 Å². The molecule has 5 heteroatoms. The maximum Gasteiger partial charge on any atom is 0.515 e. The molecule has 3 unspecified atom stereocenters. The molecule has 0 aromatic carbocycles. The Morgan fingerprint density at radius 3 is 3.13 bits per heavy atom. The van der Waals surface area contributed by atoms with Crippen molar-refractivity contribution >= 4 is 12.6 Å². The molecule has 0 amide bonds. The van der Waals surface area contributed by atoms with Gasteiger partial charge < -0.3 is 14.2 Å². The Hall–Kier alpha value is -1.10. The van der Waals surface area contributed by atoms with Crippen LogP contribution in [0.25, 0.3) is 0 Å². The van der Waals surface area contributed by atoms with Crippen molar-refractivity contribution in [1.29, 1.82) is 0 Å². The summed E-state index contributed by atoms with van der Waals surface area (Å²) in [5.74, 6) is 0.324. The van der Waals surface area contributed by atoms with Gasteiger partial charge in [0.2, 0.25) is 0 Å². The molecule has 1 aliphatic heterocycles. The van der Waals surface area contributed by atoms with Gasteiger partial charge in [0.25, 0.3) is 0 Å². The van der Waals surface area contributed by atoms with Crippen molar-refractivity contribution in [2.45, 2.75) is 37.9 Å². The molecule has 0 N–H and O–H groups in total. The van der Waals surface area contributed by atoms with Gasteiger partial charge in [-0.3, -0.25) is 4.79 Å². The smallest absolute Gasteiger partial charge is 0.434 e. The molecule has 2 fully saturated rings. The third-order valence-electron chi connectivity index (χ3n) is 3.21. The molecule has 0 radical (unpaired) electrons. The molecule has 1 saturated heterocycles. The molecule has 1 heterocycles. The lowest BCUT2D eigenvalue weighted by Crippen LogP contribution is -2.25. The average molecular weight is 214 g/mol. The summed E-state index contributed by atoms with van der Waals surface area (Å²) in [6.07, 6.45) is 2.32. The summed E-state index contributed by atoms with van der Waals surface area (Å²) in [4.78, 5) is 20.6. The lowest BCUT2D eigenvalue weighted by atomic mass is 9.83. The zero-order chi connectivity index (χ0) is 10.9. The Balaban J connectivity index is 1.68. The fourth-order valence-electron chi connectivity index (χ4n) is 2.13. The first-order valence-corrected chi connectivity index (χ1v) is 5.09. The van der Waals surface area contributed by atoms with Crippen molar-refractivity contribution in [2.24, 2.45) is 5.92 Å². The van der Waals surface area contributed by atoms with Crippen molar-refractivity contribution in [3.63, 3.8) is 0 Å². The molecule has 84 valence electrons. The van der Waals surface area contributed by atoms with Gasteiger partial charge in [0.1, 0.15) is 0 Å². The first-order valence-electron chi connectivity index (χ1n) is 5.09. The van der Waals surface area contributed by atoms with Gasteiger partial charge in [0.05, 0.1) is 18.3 Å². The topological polar surface area (TPSA) is 65.1 Å². The quantitative estimate of drug-likeness (QED) is 0.306. The van der Waals surface area contributed by atoms with Crippen LogP contribution in [0.3, 0.4) is 0 Å². The highest BCUT2D eigenvalue weighted by Gasteiger charge is 2.55. The molecular formula is C10H14O5. The number of rotatable bonds is 3. The SMILES string of the molecule is CC12CCC(COC(=O)OC=O)CC1O2. The summed E-state index contributed by atoms with van der Waals surface area (Å²) in [5, 5.41) is 0. The third kappa shape index (κ3) is 2.28. The third-order valence-corrected chi connectivity index (χ3v) is 3.21. The van der Waals surface area contributed by atoms with Crippen LogP contribution in [0.2, 0.25) is 0 Å². The molecule has 2 aliphatic rings. The summed E-state index contributed by atoms with van der Waals surface area (Å²) >= 11 is 0. The van der Waals surface area contributed by atoms with E-state index in [4.69, 9.17) is 9.47 Å². The van der Waals surface area contributed by atoms with Gasteiger partial charge in [0.15, 0.2) is 0 Å². The van der Waals surface area contributed by atoms with E-state index in [0.29, 0.717) is 18.6 Å². The van der Waals surface area contributed by atoms with Crippen LogP contribution in [0.1, 0.15) is 26.2 Å². The molecule has 0 spiro atoms. The monoisotopic (exact) mass is 214 g/mol. The number of carbonyl (C=O) groups is 2. The molecule has 15 heavy (non-hydrogen) atoms. The van der Waals surface area contributed by atoms with E-state index in [-0.39, 0.29) is 12.1 Å². The molecule has 2 rings (SSSR count). The molecular weight excluding hydrogens is 200 g/mol. The fourth-order valence-corrected chi connectivity index (χ4v) is 2.13. The van der Waals surface area contributed by atoms with E-state index in [1.165, 1.54) is 0 Å². The standard InChI is InChI=1S/C10H14O5/c1-10-3-2-7(4-8(10)15-10)5-13-9(12)14-6-11/h6-8H,2-5H2,1H3. The van der Waals surface area contributed by atoms with E-state index >= 15 is 0 Å². The number of fused-ring (bicyclic) bond motifs is 1. The van der Waals surface area contributed by atoms with Crippen molar-refractivity contribution in [3.05, 3.63) is 0 Å². The second-order valence-electron chi connectivity index (χ2n) is 4.33. The molecule has 0 aromatic heterocycles. The summed E-state index contributed by atoms with van der Waals surface area (Å²) < 4.78 is 14.3. The van der Waals surface area contributed by atoms with Gasteiger partial charge in [-0.15, -0.1) is 0 Å². The van der Waals surface area contributed by atoms with E-state index in [1.807, 2.05) is 0 Å². The number of epoxide rings is 1. The largest absolute Gasteiger partial charge is 0.515 e. The number of hydrogen-bond acceptors (Lipinski definition) is 5. The summed E-state index contributed by atoms with van der Waals surface area (Å²) in [6.45, 7) is 2.49. The predicted octanol–water partition coefficient (Wildman–Crippen LogP) is 1.25. The zero-order valence-electron chi connectivity index (χ0n) is 8.60. The Kier molecular flexibility index (Phi) is 2.65. The van der Waals surface area contributed by atoms with Crippen LogP contribution in [0, 0.1) is 5.92 Å². The van der Waals surface area contributed by atoms with Crippen LogP contribution in [-0.2, 0) is 19.0 Å². The van der Waals surface area contributed by atoms with Crippen molar-refractivity contribution < 1.29 is 23.8 Å². The summed E-state index contributed by atoms with van der Waals surface area (Å²) in [6, 6.07) is 0. The van der Waals surface area contributed by atoms with Crippen LogP contribution in [0.5, 0.6) is 0 Å². The zero-order valence-corrected chi connectivity index (χ0v) is 8.60. The molecule has 1 aliphatic carbocycles. The Labute approximate surface area is 87.7 Å². The molecule has 3 atom stereocenters. The maximum atomic E-state index is 10.7. The van der Waals surface area contributed by atoms with Gasteiger partial charge in [-0.05, 0) is 32.1 Å². The van der Waals surface area contributed by atoms with Crippen molar-refractivity contribution in [1.82, 2.24) is 0 Å². The van der Waals surface area contributed by atoms with Crippen LogP contribution < -0.4 is 0 Å². The lowest BCUT2D eigenvalue weighted by molar-refractivity contribution is -0.125. The van der Waals surface area contributed by atoms with Gasteiger partial charge in [-0.25, -0.2) is 4.79 Å². The molecule has 5 nitrogen and oxygen atoms in total. The van der Waals surface area contributed by atoms with Crippen molar-refractivity contribution in [2.75, 3.05) is 6.61 Å². The van der Waals surface area contributed by atoms with Crippen LogP contribution in [0.15, 0.2) is 0 Å². The van der Waals surface area contributed by atoms with Crippen LogP contribution in [0.4, 0.5) is 4.79 Å². The number of hydrogen-bond donors (Lipinski definition) is 0. The minimum absolute atomic E-state index is 0.0737. The fraction of sp³-hybridized carbons (Fsp3) is 0.800. The molecule has 0 bridgehead atoms. The molecule has 0 aromatic rings. The highest BCUT2D eigenvalue weighted by molar-refractivity contribution is 5.69. The highest BCUT2D eigenvalue weighted by atomic mass is 16.7. The average Bonchev–Trinajstić information content (AvgIpc) is 2.86. The summed E-state index contributed by atoms with van der Waals surface area (Å²) in [7, 11) is 0. The van der Waals surface area contributed by atoms with E-state index in [2.05, 4.69) is 11.7 Å². The van der Waals surface area contributed by atoms with Gasteiger partial charge in [-0.1, -0.05) is 0 Å². The Morgan fingerprint density at radius 2 is 2.47 bits per heavy atom. The normalized spacial score (nSPS) is 37.7. The first kappa shape index (κ1) is 10.4. The number of ether oxygens (including phenoxy) is 3. The minimum atomic E-state index is -0.921. The summed E-state index contributed by atoms with van der Waals surface area (Å²) in [5.41, 5.74) is 0.0831. The van der Waals surface area contributed by atoms with Crippen molar-refractivity contribution in [3.8, 4) is 0 Å². The van der Waals surface area contributed by atoms with Gasteiger partial charge >= 0.3 is 12.6 Å². The minimum Gasteiger partial charge on any atom is -0.434 e. The van der Waals surface area contributed by atoms with Gasteiger partial charge in [-0.2, -0.15) is 0 Å². The Morgan fingerprint density at radius 1 is 1.67 bits per heavy atom. The van der Waals surface area contributed by atoms with E-state index in [1.54, 1.807) is 0 Å². The van der Waals surface area contributed by atoms with E-state index < -0.39 is 6.16 Å². The predicted molar refractivity (Wildman–Crippen MR) is 49.1 cm³/mol. The number of carbonyl (C=O) groups excluding carboxylic acids is 2. The highest BCUT2D eigenvalue weighted by Crippen LogP contribution is 2.49. The van der Waals surface area contributed by atoms with Gasteiger partial charge in [0, 0.05) is 0 Å². The Bertz CT molecular complexity index is 277. The first-order chi connectivity index (χ1) is 7.14. The van der Waals surface area contributed by atoms with E-state index in [9.17, 15) is 9.59 Å². The second kappa shape index (κ2) is 3.81. The lowest BCUT2D eigenvalue weighted by Gasteiger charge is -2.21. The maximum absolute atomic E-state index is 10.7. The van der Waals surface area contributed by atoms with Crippen LogP contribution >= 0.6 is 0 Å².